The van der Waals surface area contributed by atoms with E-state index in [0.29, 0.717) is 11.5 Å². The van der Waals surface area contributed by atoms with Gasteiger partial charge in [0.05, 0.1) is 17.0 Å². The summed E-state index contributed by atoms with van der Waals surface area (Å²) in [4.78, 5) is 16.9. The smallest absolute Gasteiger partial charge is 0.343 e. The number of rotatable bonds is 1. The largest absolute Gasteiger partial charge is 0.440 e. The van der Waals surface area contributed by atoms with Crippen molar-refractivity contribution in [2.75, 3.05) is 0 Å². The number of aromatic nitrogens is 1. The fourth-order valence-electron chi connectivity index (χ4n) is 3.20. The molecular formula is C19H13N3O3. The Kier molecular flexibility index (Phi) is 3.29. The molecule has 6 nitrogen and oxygen atoms in total. The van der Waals surface area contributed by atoms with Crippen molar-refractivity contribution in [1.29, 1.82) is 5.26 Å². The molecule has 0 fully saturated rings. The number of benzene rings is 1. The number of pyridine rings is 1. The quantitative estimate of drug-likeness (QED) is 0.735. The van der Waals surface area contributed by atoms with Crippen molar-refractivity contribution >= 4 is 10.9 Å². The van der Waals surface area contributed by atoms with Gasteiger partial charge in [-0.3, -0.25) is 4.98 Å². The molecule has 2 aromatic heterocycles. The number of fused-ring (bicyclic) bond motifs is 2. The van der Waals surface area contributed by atoms with E-state index in [9.17, 15) is 10.1 Å². The van der Waals surface area contributed by atoms with Gasteiger partial charge in [-0.1, -0.05) is 18.2 Å². The van der Waals surface area contributed by atoms with Crippen LogP contribution < -0.4 is 16.1 Å². The number of ether oxygens (including phenoxy) is 1. The van der Waals surface area contributed by atoms with Gasteiger partial charge in [0.1, 0.15) is 23.2 Å². The standard InChI is InChI=1S/C19H13N3O3/c1-10-8-15-17(19(23)24-10)16(13(9-20)18(21)25-15)12-6-7-22-14-5-3-2-4-11(12)14/h2-8,16H,21H2,1H3/t16-/m0/s1. The highest BCUT2D eigenvalue weighted by Crippen LogP contribution is 2.42. The Bertz CT molecular complexity index is 1130. The van der Waals surface area contributed by atoms with Gasteiger partial charge in [-0.15, -0.1) is 0 Å². The Morgan fingerprint density at radius 2 is 2.08 bits per heavy atom. The number of hydrogen-bond donors (Lipinski definition) is 1. The van der Waals surface area contributed by atoms with E-state index in [1.54, 1.807) is 25.3 Å². The lowest BCUT2D eigenvalue weighted by molar-refractivity contribution is 0.372. The summed E-state index contributed by atoms with van der Waals surface area (Å²) in [6, 6.07) is 13.0. The number of para-hydroxylation sites is 1. The van der Waals surface area contributed by atoms with E-state index >= 15 is 0 Å². The van der Waals surface area contributed by atoms with Crippen LogP contribution in [0.15, 0.2) is 63.3 Å². The summed E-state index contributed by atoms with van der Waals surface area (Å²) in [6.07, 6.45) is 1.65. The molecule has 0 spiro atoms. The highest BCUT2D eigenvalue weighted by atomic mass is 16.5. The zero-order chi connectivity index (χ0) is 17.6. The maximum Gasteiger partial charge on any atom is 0.343 e. The number of nitrogens with two attached hydrogens (primary N) is 1. The highest BCUT2D eigenvalue weighted by molar-refractivity contribution is 5.84. The molecule has 2 N–H and O–H groups in total. The summed E-state index contributed by atoms with van der Waals surface area (Å²) in [5, 5.41) is 10.5. The van der Waals surface area contributed by atoms with Crippen molar-refractivity contribution in [2.45, 2.75) is 12.8 Å². The molecule has 1 aromatic carbocycles. The average molecular weight is 331 g/mol. The minimum atomic E-state index is -0.668. The normalized spacial score (nSPS) is 16.2. The van der Waals surface area contributed by atoms with E-state index in [1.807, 2.05) is 24.3 Å². The van der Waals surface area contributed by atoms with Crippen LogP contribution in [0.5, 0.6) is 5.75 Å². The first kappa shape index (κ1) is 15.0. The van der Waals surface area contributed by atoms with E-state index in [2.05, 4.69) is 11.1 Å². The zero-order valence-electron chi connectivity index (χ0n) is 13.3. The van der Waals surface area contributed by atoms with Crippen molar-refractivity contribution in [3.63, 3.8) is 0 Å². The van der Waals surface area contributed by atoms with Gasteiger partial charge >= 0.3 is 5.63 Å². The Morgan fingerprint density at radius 3 is 2.88 bits per heavy atom. The summed E-state index contributed by atoms with van der Waals surface area (Å²) in [7, 11) is 0. The van der Waals surface area contributed by atoms with Crippen LogP contribution >= 0.6 is 0 Å². The van der Waals surface area contributed by atoms with Gasteiger partial charge < -0.3 is 14.9 Å². The van der Waals surface area contributed by atoms with Gasteiger partial charge in [0.15, 0.2) is 0 Å². The molecule has 4 rings (SSSR count). The number of nitriles is 1. The maximum absolute atomic E-state index is 12.5. The van der Waals surface area contributed by atoms with Crippen molar-refractivity contribution in [3.05, 3.63) is 81.4 Å². The van der Waals surface area contributed by atoms with Crippen LogP contribution in [0.25, 0.3) is 10.9 Å². The van der Waals surface area contributed by atoms with E-state index in [-0.39, 0.29) is 17.0 Å². The van der Waals surface area contributed by atoms with Crippen molar-refractivity contribution in [1.82, 2.24) is 4.98 Å². The monoisotopic (exact) mass is 331 g/mol. The van der Waals surface area contributed by atoms with Crippen LogP contribution in [-0.2, 0) is 0 Å². The summed E-state index contributed by atoms with van der Waals surface area (Å²) >= 11 is 0. The number of allylic oxidation sites excluding steroid dienone is 1. The summed E-state index contributed by atoms with van der Waals surface area (Å²) in [5.41, 5.74) is 7.39. The fourth-order valence-corrected chi connectivity index (χ4v) is 3.20. The molecule has 0 radical (unpaired) electrons. The van der Waals surface area contributed by atoms with Gasteiger partial charge in [0, 0.05) is 17.6 Å². The molecule has 0 amide bonds. The molecule has 3 heterocycles. The molecule has 1 atom stereocenters. The van der Waals surface area contributed by atoms with E-state index in [4.69, 9.17) is 14.9 Å². The predicted molar refractivity (Wildman–Crippen MR) is 90.8 cm³/mol. The van der Waals surface area contributed by atoms with Gasteiger partial charge in [-0.25, -0.2) is 4.79 Å². The van der Waals surface area contributed by atoms with Gasteiger partial charge in [-0.05, 0) is 24.6 Å². The third-order valence-electron chi connectivity index (χ3n) is 4.25. The van der Waals surface area contributed by atoms with Crippen LogP contribution in [0.3, 0.4) is 0 Å². The van der Waals surface area contributed by atoms with Crippen LogP contribution in [0.2, 0.25) is 0 Å². The predicted octanol–water partition coefficient (Wildman–Crippen LogP) is 2.71. The highest BCUT2D eigenvalue weighted by Gasteiger charge is 2.35. The Morgan fingerprint density at radius 1 is 1.28 bits per heavy atom. The first-order valence-electron chi connectivity index (χ1n) is 7.66. The summed E-state index contributed by atoms with van der Waals surface area (Å²) < 4.78 is 10.8. The second-order valence-corrected chi connectivity index (χ2v) is 5.76. The number of hydrogen-bond acceptors (Lipinski definition) is 6. The summed E-state index contributed by atoms with van der Waals surface area (Å²) in [6.45, 7) is 1.65. The Balaban J connectivity index is 2.09. The first-order chi connectivity index (χ1) is 12.1. The third-order valence-corrected chi connectivity index (χ3v) is 4.25. The van der Waals surface area contributed by atoms with Crippen molar-refractivity contribution in [2.24, 2.45) is 5.73 Å². The molecule has 0 saturated heterocycles. The first-order valence-corrected chi connectivity index (χ1v) is 7.66. The molecule has 25 heavy (non-hydrogen) atoms. The maximum atomic E-state index is 12.5. The van der Waals surface area contributed by atoms with Gasteiger partial charge in [-0.2, -0.15) is 5.26 Å². The molecule has 3 aromatic rings. The van der Waals surface area contributed by atoms with Gasteiger partial charge in [0.25, 0.3) is 0 Å². The SMILES string of the molecule is Cc1cc2c(c(=O)o1)[C@@H](c1ccnc3ccccc13)C(C#N)=C(N)O2. The second kappa shape index (κ2) is 5.49. The lowest BCUT2D eigenvalue weighted by Crippen LogP contribution is -2.26. The zero-order valence-corrected chi connectivity index (χ0v) is 13.3. The molecule has 0 aliphatic carbocycles. The summed E-state index contributed by atoms with van der Waals surface area (Å²) in [5.74, 6) is 0.0517. The molecule has 0 saturated carbocycles. The lowest BCUT2D eigenvalue weighted by atomic mass is 9.83. The number of aryl methyl sites for hydroxylation is 1. The van der Waals surface area contributed by atoms with Crippen LogP contribution in [0, 0.1) is 18.3 Å². The fraction of sp³-hybridized carbons (Fsp3) is 0.105. The van der Waals surface area contributed by atoms with E-state index in [0.717, 1.165) is 16.5 Å². The van der Waals surface area contributed by atoms with Crippen molar-refractivity contribution in [3.8, 4) is 11.8 Å². The Labute approximate surface area is 142 Å². The average Bonchev–Trinajstić information content (AvgIpc) is 2.60. The molecular weight excluding hydrogens is 318 g/mol. The Hall–Kier alpha value is -3.59. The van der Waals surface area contributed by atoms with Crippen molar-refractivity contribution < 1.29 is 9.15 Å². The van der Waals surface area contributed by atoms with E-state index < -0.39 is 11.5 Å². The lowest BCUT2D eigenvalue weighted by Gasteiger charge is -2.25. The topological polar surface area (TPSA) is 102 Å². The molecule has 6 heteroatoms. The van der Waals surface area contributed by atoms with Crippen LogP contribution in [-0.4, -0.2) is 4.98 Å². The van der Waals surface area contributed by atoms with E-state index in [1.165, 1.54) is 0 Å². The van der Waals surface area contributed by atoms with Crippen LogP contribution in [0.4, 0.5) is 0 Å². The molecule has 122 valence electrons. The minimum absolute atomic E-state index is 0.00843. The third kappa shape index (κ3) is 2.25. The second-order valence-electron chi connectivity index (χ2n) is 5.76. The molecule has 1 aliphatic rings. The molecule has 0 bridgehead atoms. The molecule has 1 aliphatic heterocycles. The van der Waals surface area contributed by atoms with Gasteiger partial charge in [0.2, 0.25) is 5.88 Å². The molecule has 0 unspecified atom stereocenters. The van der Waals surface area contributed by atoms with Crippen LogP contribution in [0.1, 0.15) is 22.8 Å². The minimum Gasteiger partial charge on any atom is -0.440 e. The number of nitrogens with zero attached hydrogens (tertiary/aromatic N) is 2.